The molecule has 1 aliphatic rings. The van der Waals surface area contributed by atoms with E-state index in [-0.39, 0.29) is 5.91 Å². The minimum atomic E-state index is -0.126. The molecule has 0 spiro atoms. The van der Waals surface area contributed by atoms with Crippen LogP contribution in [0.3, 0.4) is 0 Å². The van der Waals surface area contributed by atoms with Crippen LogP contribution in [0.4, 0.5) is 5.69 Å². The maximum absolute atomic E-state index is 12.6. The Balaban J connectivity index is 1.07. The predicted octanol–water partition coefficient (Wildman–Crippen LogP) is 3.88. The molecule has 7 nitrogen and oxygen atoms in total. The molecule has 1 amide bonds. The molecule has 4 aromatic rings. The van der Waals surface area contributed by atoms with Crippen molar-refractivity contribution in [3.05, 3.63) is 76.0 Å². The lowest BCUT2D eigenvalue weighted by Crippen LogP contribution is -2.24. The van der Waals surface area contributed by atoms with Crippen molar-refractivity contribution in [2.24, 2.45) is 0 Å². The third-order valence-corrected chi connectivity index (χ3v) is 6.77. The van der Waals surface area contributed by atoms with Gasteiger partial charge in [0.2, 0.25) is 0 Å². The van der Waals surface area contributed by atoms with E-state index in [4.69, 9.17) is 0 Å². The normalized spacial score (nSPS) is 13.6. The summed E-state index contributed by atoms with van der Waals surface area (Å²) in [7, 11) is 0. The van der Waals surface area contributed by atoms with Crippen molar-refractivity contribution < 1.29 is 4.79 Å². The van der Waals surface area contributed by atoms with Gasteiger partial charge in [-0.05, 0) is 42.7 Å². The Morgan fingerprint density at radius 1 is 1.06 bits per heavy atom. The second kappa shape index (κ2) is 10.1. The third-order valence-electron chi connectivity index (χ3n) is 5.87. The van der Waals surface area contributed by atoms with Gasteiger partial charge in [0.05, 0.1) is 22.6 Å². The number of carbonyl (C=O) groups excluding carboxylic acids is 1. The number of thiazole rings is 1. The molecule has 0 saturated carbocycles. The summed E-state index contributed by atoms with van der Waals surface area (Å²) in [4.78, 5) is 27.4. The fraction of sp³-hybridized carbons (Fsp3) is 0.320. The molecule has 2 aromatic carbocycles. The van der Waals surface area contributed by atoms with E-state index in [1.165, 1.54) is 29.9 Å². The highest BCUT2D eigenvalue weighted by atomic mass is 32.1. The number of anilines is 1. The van der Waals surface area contributed by atoms with Crippen LogP contribution in [0.5, 0.6) is 0 Å². The molecule has 8 heteroatoms. The number of amides is 1. The van der Waals surface area contributed by atoms with Crippen molar-refractivity contribution in [3.8, 4) is 0 Å². The summed E-state index contributed by atoms with van der Waals surface area (Å²) in [6.07, 6.45) is 3.28. The van der Waals surface area contributed by atoms with Gasteiger partial charge in [0.15, 0.2) is 0 Å². The first-order valence-electron chi connectivity index (χ1n) is 11.5. The van der Waals surface area contributed by atoms with Crippen molar-refractivity contribution in [2.75, 3.05) is 24.5 Å². The van der Waals surface area contributed by atoms with E-state index < -0.39 is 0 Å². The van der Waals surface area contributed by atoms with Crippen molar-refractivity contribution >= 4 is 34.0 Å². The number of carbonyl (C=O) groups is 1. The molecular weight excluding hydrogens is 432 g/mol. The van der Waals surface area contributed by atoms with Gasteiger partial charge < -0.3 is 20.5 Å². The lowest BCUT2D eigenvalue weighted by molar-refractivity contribution is 0.0946. The van der Waals surface area contributed by atoms with Gasteiger partial charge in [-0.25, -0.2) is 9.97 Å². The number of rotatable bonds is 9. The van der Waals surface area contributed by atoms with E-state index >= 15 is 0 Å². The molecule has 2 aromatic heterocycles. The number of para-hydroxylation sites is 2. The summed E-state index contributed by atoms with van der Waals surface area (Å²) < 4.78 is 0. The highest BCUT2D eigenvalue weighted by Gasteiger charge is 2.14. The van der Waals surface area contributed by atoms with E-state index in [9.17, 15) is 4.79 Å². The summed E-state index contributed by atoms with van der Waals surface area (Å²) in [5.41, 5.74) is 4.87. The Hall–Kier alpha value is -3.23. The maximum Gasteiger partial charge on any atom is 0.271 e. The lowest BCUT2D eigenvalue weighted by Gasteiger charge is -2.18. The molecule has 1 saturated heterocycles. The number of benzene rings is 2. The van der Waals surface area contributed by atoms with Gasteiger partial charge in [0, 0.05) is 43.7 Å². The van der Waals surface area contributed by atoms with E-state index in [1.807, 2.05) is 29.6 Å². The maximum atomic E-state index is 12.6. The van der Waals surface area contributed by atoms with Crippen LogP contribution in [0, 0.1) is 0 Å². The van der Waals surface area contributed by atoms with Crippen molar-refractivity contribution in [2.45, 2.75) is 32.4 Å². The molecule has 5 rings (SSSR count). The molecule has 0 aliphatic carbocycles. The Kier molecular flexibility index (Phi) is 6.64. The predicted molar refractivity (Wildman–Crippen MR) is 133 cm³/mol. The number of H-pyrrole nitrogens is 1. The van der Waals surface area contributed by atoms with E-state index in [0.29, 0.717) is 18.8 Å². The molecular formula is C25H28N6OS. The van der Waals surface area contributed by atoms with Crippen LogP contribution in [-0.2, 0) is 19.5 Å². The molecule has 0 unspecified atom stereocenters. The standard InChI is InChI=1S/C25H28N6OS/c32-25(27-15-18-6-5-7-19(14-18)31-12-3-4-13-31)22-17-33-24(30-22)10-11-26-16-23-28-20-8-1-2-9-21(20)29-23/h1-2,5-9,14,17,26H,3-4,10-13,15-16H2,(H,27,32)(H,28,29). The molecule has 0 bridgehead atoms. The molecule has 1 fully saturated rings. The Bertz CT molecular complexity index is 1190. The molecule has 1 aliphatic heterocycles. The average molecular weight is 461 g/mol. The van der Waals surface area contributed by atoms with Gasteiger partial charge in [-0.3, -0.25) is 4.79 Å². The van der Waals surface area contributed by atoms with Gasteiger partial charge in [0.25, 0.3) is 5.91 Å². The van der Waals surface area contributed by atoms with Gasteiger partial charge in [-0.15, -0.1) is 11.3 Å². The highest BCUT2D eigenvalue weighted by molar-refractivity contribution is 7.09. The minimum absolute atomic E-state index is 0.126. The van der Waals surface area contributed by atoms with Crippen molar-refractivity contribution in [1.29, 1.82) is 0 Å². The first kappa shape index (κ1) is 21.6. The third kappa shape index (κ3) is 5.40. The minimum Gasteiger partial charge on any atom is -0.372 e. The number of aromatic amines is 1. The fourth-order valence-corrected chi connectivity index (χ4v) is 4.91. The van der Waals surface area contributed by atoms with Crippen LogP contribution in [0.2, 0.25) is 0 Å². The van der Waals surface area contributed by atoms with Crippen molar-refractivity contribution in [1.82, 2.24) is 25.6 Å². The summed E-state index contributed by atoms with van der Waals surface area (Å²) in [5.74, 6) is 0.795. The van der Waals surface area contributed by atoms with Crippen LogP contribution in [0.15, 0.2) is 53.9 Å². The van der Waals surface area contributed by atoms with Crippen molar-refractivity contribution in [3.63, 3.8) is 0 Å². The summed E-state index contributed by atoms with van der Waals surface area (Å²) in [6, 6.07) is 16.5. The first-order chi connectivity index (χ1) is 16.2. The average Bonchev–Trinajstić information content (AvgIpc) is 3.61. The fourth-order valence-electron chi connectivity index (χ4n) is 4.13. The number of fused-ring (bicyclic) bond motifs is 1. The van der Waals surface area contributed by atoms with Gasteiger partial charge >= 0.3 is 0 Å². The molecule has 33 heavy (non-hydrogen) atoms. The zero-order valence-corrected chi connectivity index (χ0v) is 19.3. The summed E-state index contributed by atoms with van der Waals surface area (Å²) in [6.45, 7) is 4.18. The molecule has 3 N–H and O–H groups in total. The summed E-state index contributed by atoms with van der Waals surface area (Å²) >= 11 is 1.53. The Labute approximate surface area is 197 Å². The van der Waals surface area contributed by atoms with Crippen LogP contribution in [0.25, 0.3) is 11.0 Å². The largest absolute Gasteiger partial charge is 0.372 e. The second-order valence-corrected chi connectivity index (χ2v) is 9.24. The smallest absolute Gasteiger partial charge is 0.271 e. The second-order valence-electron chi connectivity index (χ2n) is 8.30. The molecule has 0 radical (unpaired) electrons. The van der Waals surface area contributed by atoms with Gasteiger partial charge in [0.1, 0.15) is 11.5 Å². The number of nitrogens with zero attached hydrogens (tertiary/aromatic N) is 3. The molecule has 3 heterocycles. The van der Waals surface area contributed by atoms with Gasteiger partial charge in [-0.2, -0.15) is 0 Å². The monoisotopic (exact) mass is 460 g/mol. The number of aromatic nitrogens is 3. The highest BCUT2D eigenvalue weighted by Crippen LogP contribution is 2.21. The van der Waals surface area contributed by atoms with Crippen LogP contribution < -0.4 is 15.5 Å². The number of hydrogen-bond acceptors (Lipinski definition) is 6. The zero-order valence-electron chi connectivity index (χ0n) is 18.5. The SMILES string of the molecule is O=C(NCc1cccc(N2CCCC2)c1)c1csc(CCNCc2nc3ccccc3[nH]2)n1. The zero-order chi connectivity index (χ0) is 22.5. The van der Waals surface area contributed by atoms with E-state index in [2.05, 4.69) is 54.8 Å². The molecule has 0 atom stereocenters. The number of nitrogens with one attached hydrogen (secondary N) is 3. The Morgan fingerprint density at radius 3 is 2.82 bits per heavy atom. The summed E-state index contributed by atoms with van der Waals surface area (Å²) in [5, 5.41) is 9.19. The van der Waals surface area contributed by atoms with Gasteiger partial charge in [-0.1, -0.05) is 24.3 Å². The Morgan fingerprint density at radius 2 is 1.94 bits per heavy atom. The topological polar surface area (TPSA) is 85.9 Å². The van der Waals surface area contributed by atoms with Crippen LogP contribution in [0.1, 0.15) is 39.7 Å². The number of imidazole rings is 1. The van der Waals surface area contributed by atoms with Crippen LogP contribution in [-0.4, -0.2) is 40.5 Å². The van der Waals surface area contributed by atoms with E-state index in [0.717, 1.165) is 53.5 Å². The lowest BCUT2D eigenvalue weighted by atomic mass is 10.2. The van der Waals surface area contributed by atoms with Crippen LogP contribution >= 0.6 is 11.3 Å². The van der Waals surface area contributed by atoms with E-state index in [1.54, 1.807) is 0 Å². The quantitative estimate of drug-likeness (QED) is 0.330. The molecule has 170 valence electrons. The first-order valence-corrected chi connectivity index (χ1v) is 12.3. The number of hydrogen-bond donors (Lipinski definition) is 3.